The molecule has 0 aromatic heterocycles. The van der Waals surface area contributed by atoms with Crippen LogP contribution in [0.1, 0.15) is 51.6 Å². The van der Waals surface area contributed by atoms with Gasteiger partial charge in [-0.2, -0.15) is 0 Å². The summed E-state index contributed by atoms with van der Waals surface area (Å²) >= 11 is 0. The molecule has 0 saturated carbocycles. The molecule has 0 aliphatic heterocycles. The third-order valence-corrected chi connectivity index (χ3v) is 4.42. The summed E-state index contributed by atoms with van der Waals surface area (Å²) in [6, 6.07) is 12.8. The first kappa shape index (κ1) is 20.6. The average Bonchev–Trinajstić information content (AvgIpc) is 2.62. The SMILES string of the molecule is Cc1cccc(C(C)C)c1NC(=O)c1ccc(C(=O)NCCN(C)C)cc1. The van der Waals surface area contributed by atoms with Crippen molar-refractivity contribution in [2.45, 2.75) is 26.7 Å². The minimum atomic E-state index is -0.175. The highest BCUT2D eigenvalue weighted by molar-refractivity contribution is 6.05. The zero-order chi connectivity index (χ0) is 20.0. The van der Waals surface area contributed by atoms with E-state index in [1.54, 1.807) is 24.3 Å². The summed E-state index contributed by atoms with van der Waals surface area (Å²) in [5.41, 5.74) is 4.08. The Bertz CT molecular complexity index is 796. The number of hydrogen-bond donors (Lipinski definition) is 2. The number of para-hydroxylation sites is 1. The van der Waals surface area contributed by atoms with Crippen LogP contribution in [0.5, 0.6) is 0 Å². The predicted octanol–water partition coefficient (Wildman–Crippen LogP) is 3.66. The molecule has 0 aliphatic rings. The summed E-state index contributed by atoms with van der Waals surface area (Å²) in [6.45, 7) is 7.56. The van der Waals surface area contributed by atoms with Gasteiger partial charge in [-0.1, -0.05) is 32.0 Å². The van der Waals surface area contributed by atoms with E-state index >= 15 is 0 Å². The highest BCUT2D eigenvalue weighted by atomic mass is 16.2. The van der Waals surface area contributed by atoms with Crippen molar-refractivity contribution in [3.63, 3.8) is 0 Å². The second-order valence-corrected chi connectivity index (χ2v) is 7.28. The van der Waals surface area contributed by atoms with Crippen LogP contribution in [0.25, 0.3) is 0 Å². The van der Waals surface area contributed by atoms with Gasteiger partial charge >= 0.3 is 0 Å². The van der Waals surface area contributed by atoms with E-state index in [1.807, 2.05) is 44.1 Å². The molecule has 5 nitrogen and oxygen atoms in total. The van der Waals surface area contributed by atoms with Gasteiger partial charge < -0.3 is 15.5 Å². The van der Waals surface area contributed by atoms with Gasteiger partial charge in [-0.25, -0.2) is 0 Å². The van der Waals surface area contributed by atoms with Crippen LogP contribution in [0.3, 0.4) is 0 Å². The molecule has 5 heteroatoms. The number of carbonyl (C=O) groups excluding carboxylic acids is 2. The summed E-state index contributed by atoms with van der Waals surface area (Å²) in [4.78, 5) is 26.8. The van der Waals surface area contributed by atoms with Crippen LogP contribution in [-0.4, -0.2) is 43.9 Å². The van der Waals surface area contributed by atoms with Crippen LogP contribution in [0.15, 0.2) is 42.5 Å². The van der Waals surface area contributed by atoms with Crippen LogP contribution in [0, 0.1) is 6.92 Å². The lowest BCUT2D eigenvalue weighted by Crippen LogP contribution is -2.31. The largest absolute Gasteiger partial charge is 0.351 e. The number of hydrogen-bond acceptors (Lipinski definition) is 3. The molecule has 0 radical (unpaired) electrons. The van der Waals surface area contributed by atoms with E-state index in [0.717, 1.165) is 23.4 Å². The molecule has 0 atom stereocenters. The van der Waals surface area contributed by atoms with Gasteiger partial charge in [0.15, 0.2) is 0 Å². The minimum Gasteiger partial charge on any atom is -0.351 e. The molecule has 0 fully saturated rings. The second-order valence-electron chi connectivity index (χ2n) is 7.28. The third-order valence-electron chi connectivity index (χ3n) is 4.42. The maximum Gasteiger partial charge on any atom is 0.255 e. The van der Waals surface area contributed by atoms with Gasteiger partial charge in [-0.3, -0.25) is 9.59 Å². The van der Waals surface area contributed by atoms with Crippen molar-refractivity contribution in [3.8, 4) is 0 Å². The van der Waals surface area contributed by atoms with Gasteiger partial charge in [0.2, 0.25) is 0 Å². The fourth-order valence-electron chi connectivity index (χ4n) is 2.80. The predicted molar refractivity (Wildman–Crippen MR) is 111 cm³/mol. The van der Waals surface area contributed by atoms with Gasteiger partial charge in [-0.05, 0) is 62.3 Å². The zero-order valence-corrected chi connectivity index (χ0v) is 16.8. The first-order valence-electron chi connectivity index (χ1n) is 9.23. The van der Waals surface area contributed by atoms with E-state index in [4.69, 9.17) is 0 Å². The van der Waals surface area contributed by atoms with Crippen molar-refractivity contribution < 1.29 is 9.59 Å². The molecule has 2 aromatic rings. The highest BCUT2D eigenvalue weighted by Gasteiger charge is 2.14. The standard InChI is InChI=1S/C22H29N3O2/c1-15(2)19-8-6-7-16(3)20(19)24-22(27)18-11-9-17(10-12-18)21(26)23-13-14-25(4)5/h6-12,15H,13-14H2,1-5H3,(H,23,26)(H,24,27). The molecule has 2 amide bonds. The fraction of sp³-hybridized carbons (Fsp3) is 0.364. The van der Waals surface area contributed by atoms with Crippen molar-refractivity contribution in [2.75, 3.05) is 32.5 Å². The number of likely N-dealkylation sites (N-methyl/N-ethyl adjacent to an activating group) is 1. The lowest BCUT2D eigenvalue weighted by Gasteiger charge is -2.16. The third kappa shape index (κ3) is 5.66. The van der Waals surface area contributed by atoms with Crippen LogP contribution in [0.4, 0.5) is 5.69 Å². The van der Waals surface area contributed by atoms with E-state index in [2.05, 4.69) is 24.5 Å². The van der Waals surface area contributed by atoms with Crippen LogP contribution < -0.4 is 10.6 Å². The number of anilines is 1. The maximum atomic E-state index is 12.7. The van der Waals surface area contributed by atoms with Crippen molar-refractivity contribution in [2.24, 2.45) is 0 Å². The zero-order valence-electron chi connectivity index (χ0n) is 16.8. The van der Waals surface area contributed by atoms with Crippen LogP contribution in [-0.2, 0) is 0 Å². The molecule has 0 unspecified atom stereocenters. The topological polar surface area (TPSA) is 61.4 Å². The Hall–Kier alpha value is -2.66. The summed E-state index contributed by atoms with van der Waals surface area (Å²) < 4.78 is 0. The lowest BCUT2D eigenvalue weighted by atomic mass is 9.98. The van der Waals surface area contributed by atoms with Crippen LogP contribution >= 0.6 is 0 Å². The fourth-order valence-corrected chi connectivity index (χ4v) is 2.80. The number of nitrogens with one attached hydrogen (secondary N) is 2. The van der Waals surface area contributed by atoms with Gasteiger partial charge in [0.05, 0.1) is 0 Å². The molecular formula is C22H29N3O2. The molecule has 2 rings (SSSR count). The van der Waals surface area contributed by atoms with Crippen molar-refractivity contribution in [1.82, 2.24) is 10.2 Å². The first-order chi connectivity index (χ1) is 12.8. The molecular weight excluding hydrogens is 338 g/mol. The number of rotatable bonds is 7. The van der Waals surface area contributed by atoms with Gasteiger partial charge in [0.25, 0.3) is 11.8 Å². The van der Waals surface area contributed by atoms with Gasteiger partial charge in [0.1, 0.15) is 0 Å². The van der Waals surface area contributed by atoms with E-state index in [0.29, 0.717) is 23.6 Å². The smallest absolute Gasteiger partial charge is 0.255 e. The number of aryl methyl sites for hydroxylation is 1. The number of amides is 2. The van der Waals surface area contributed by atoms with Crippen molar-refractivity contribution in [3.05, 3.63) is 64.7 Å². The lowest BCUT2D eigenvalue weighted by molar-refractivity contribution is 0.0949. The van der Waals surface area contributed by atoms with Crippen LogP contribution in [0.2, 0.25) is 0 Å². The highest BCUT2D eigenvalue weighted by Crippen LogP contribution is 2.27. The molecule has 0 spiro atoms. The number of nitrogens with zero attached hydrogens (tertiary/aromatic N) is 1. The monoisotopic (exact) mass is 367 g/mol. The summed E-state index contributed by atoms with van der Waals surface area (Å²) in [7, 11) is 3.91. The molecule has 0 heterocycles. The summed E-state index contributed by atoms with van der Waals surface area (Å²) in [5.74, 6) is 0.00371. The Kier molecular flexibility index (Phi) is 7.13. The van der Waals surface area contributed by atoms with Gasteiger partial charge in [0, 0.05) is 29.9 Å². The van der Waals surface area contributed by atoms with Crippen molar-refractivity contribution in [1.29, 1.82) is 0 Å². The Morgan fingerprint density at radius 1 is 0.963 bits per heavy atom. The quantitative estimate of drug-likeness (QED) is 0.785. The average molecular weight is 367 g/mol. The Morgan fingerprint density at radius 2 is 1.56 bits per heavy atom. The van der Waals surface area contributed by atoms with E-state index < -0.39 is 0 Å². The molecule has 144 valence electrons. The normalized spacial score (nSPS) is 10.9. The van der Waals surface area contributed by atoms with Gasteiger partial charge in [-0.15, -0.1) is 0 Å². The molecule has 0 bridgehead atoms. The maximum absolute atomic E-state index is 12.7. The molecule has 27 heavy (non-hydrogen) atoms. The molecule has 2 N–H and O–H groups in total. The second kappa shape index (κ2) is 9.33. The number of carbonyl (C=O) groups is 2. The minimum absolute atomic E-state index is 0.134. The molecule has 0 saturated heterocycles. The Balaban J connectivity index is 2.07. The molecule has 2 aromatic carbocycles. The van der Waals surface area contributed by atoms with E-state index in [-0.39, 0.29) is 11.8 Å². The Morgan fingerprint density at radius 3 is 2.11 bits per heavy atom. The van der Waals surface area contributed by atoms with Crippen molar-refractivity contribution >= 4 is 17.5 Å². The summed E-state index contributed by atoms with van der Waals surface area (Å²) in [6.07, 6.45) is 0. The Labute approximate surface area is 161 Å². The molecule has 0 aliphatic carbocycles. The summed E-state index contributed by atoms with van der Waals surface area (Å²) in [5, 5.41) is 5.89. The number of benzene rings is 2. The van der Waals surface area contributed by atoms with E-state index in [1.165, 1.54) is 0 Å². The van der Waals surface area contributed by atoms with E-state index in [9.17, 15) is 9.59 Å². The first-order valence-corrected chi connectivity index (χ1v) is 9.23.